The van der Waals surface area contributed by atoms with Crippen LogP contribution in [0.4, 0.5) is 5.82 Å². The molecule has 1 rings (SSSR count). The Hall–Kier alpha value is -1.16. The zero-order chi connectivity index (χ0) is 12.0. The van der Waals surface area contributed by atoms with Crippen molar-refractivity contribution in [2.24, 2.45) is 5.73 Å². The molecule has 0 aliphatic carbocycles. The maximum atomic E-state index is 5.55. The Morgan fingerprint density at radius 2 is 2.12 bits per heavy atom. The van der Waals surface area contributed by atoms with Crippen molar-refractivity contribution in [3.05, 3.63) is 18.1 Å². The predicted octanol–water partition coefficient (Wildman–Crippen LogP) is 1.60. The monoisotopic (exact) mass is 222 g/mol. The Morgan fingerprint density at radius 1 is 1.38 bits per heavy atom. The maximum absolute atomic E-state index is 5.55. The molecule has 90 valence electrons. The molecule has 1 aromatic rings. The molecule has 0 aromatic carbocycles. The number of rotatable bonds is 6. The Balaban J connectivity index is 2.82. The molecule has 1 aromatic heterocycles. The molecule has 0 unspecified atom stereocenters. The van der Waals surface area contributed by atoms with Crippen LogP contribution < -0.4 is 10.6 Å². The second-order valence-corrected chi connectivity index (χ2v) is 4.15. The van der Waals surface area contributed by atoms with Gasteiger partial charge in [-0.3, -0.25) is 0 Å². The van der Waals surface area contributed by atoms with Crippen LogP contribution >= 0.6 is 0 Å². The van der Waals surface area contributed by atoms with Crippen LogP contribution in [-0.2, 0) is 6.42 Å². The normalized spacial score (nSPS) is 10.8. The molecule has 0 saturated heterocycles. The van der Waals surface area contributed by atoms with Crippen LogP contribution in [0, 0.1) is 0 Å². The Bertz CT molecular complexity index is 312. The molecule has 0 saturated carbocycles. The highest BCUT2D eigenvalue weighted by molar-refractivity contribution is 5.39. The fraction of sp³-hybridized carbons (Fsp3) is 0.667. The van der Waals surface area contributed by atoms with Crippen molar-refractivity contribution >= 4 is 5.82 Å². The van der Waals surface area contributed by atoms with Gasteiger partial charge < -0.3 is 10.6 Å². The summed E-state index contributed by atoms with van der Waals surface area (Å²) in [7, 11) is 0. The third kappa shape index (κ3) is 3.45. The van der Waals surface area contributed by atoms with Crippen molar-refractivity contribution in [2.75, 3.05) is 18.0 Å². The number of nitrogens with two attached hydrogens (primary N) is 1. The van der Waals surface area contributed by atoms with Crippen molar-refractivity contribution in [1.29, 1.82) is 0 Å². The van der Waals surface area contributed by atoms with E-state index in [1.54, 1.807) is 6.33 Å². The third-order valence-electron chi connectivity index (χ3n) is 2.59. The summed E-state index contributed by atoms with van der Waals surface area (Å²) in [5.74, 6) is 1.01. The molecule has 0 atom stereocenters. The predicted molar refractivity (Wildman–Crippen MR) is 67.6 cm³/mol. The molecule has 0 aliphatic heterocycles. The average molecular weight is 222 g/mol. The van der Waals surface area contributed by atoms with Crippen LogP contribution in [-0.4, -0.2) is 29.1 Å². The van der Waals surface area contributed by atoms with Gasteiger partial charge in [0.15, 0.2) is 0 Å². The first-order valence-corrected chi connectivity index (χ1v) is 5.96. The SMILES string of the molecule is CCc1cc(N(CCCN)C(C)C)ncn1. The molecule has 4 heteroatoms. The summed E-state index contributed by atoms with van der Waals surface area (Å²) in [5, 5.41) is 0. The van der Waals surface area contributed by atoms with E-state index in [0.717, 1.165) is 37.4 Å². The fourth-order valence-electron chi connectivity index (χ4n) is 1.64. The minimum absolute atomic E-state index is 0.436. The smallest absolute Gasteiger partial charge is 0.132 e. The maximum Gasteiger partial charge on any atom is 0.132 e. The summed E-state index contributed by atoms with van der Waals surface area (Å²) in [4.78, 5) is 10.8. The van der Waals surface area contributed by atoms with E-state index in [0.29, 0.717) is 6.04 Å². The van der Waals surface area contributed by atoms with Gasteiger partial charge in [0.1, 0.15) is 12.1 Å². The van der Waals surface area contributed by atoms with Crippen molar-refractivity contribution in [3.8, 4) is 0 Å². The summed E-state index contributed by atoms with van der Waals surface area (Å²) in [5.41, 5.74) is 6.64. The van der Waals surface area contributed by atoms with Gasteiger partial charge in [-0.2, -0.15) is 0 Å². The molecular weight excluding hydrogens is 200 g/mol. The van der Waals surface area contributed by atoms with Crippen molar-refractivity contribution in [1.82, 2.24) is 9.97 Å². The van der Waals surface area contributed by atoms with Crippen LogP contribution in [0.2, 0.25) is 0 Å². The van der Waals surface area contributed by atoms with Gasteiger partial charge >= 0.3 is 0 Å². The first-order chi connectivity index (χ1) is 7.69. The summed E-state index contributed by atoms with van der Waals surface area (Å²) in [6.07, 6.45) is 3.58. The second-order valence-electron chi connectivity index (χ2n) is 4.15. The lowest BCUT2D eigenvalue weighted by atomic mass is 10.2. The average Bonchev–Trinajstić information content (AvgIpc) is 2.29. The van der Waals surface area contributed by atoms with Gasteiger partial charge in [0.05, 0.1) is 0 Å². The highest BCUT2D eigenvalue weighted by atomic mass is 15.2. The molecule has 0 spiro atoms. The number of aryl methyl sites for hydroxylation is 1. The van der Waals surface area contributed by atoms with E-state index in [1.807, 2.05) is 0 Å². The van der Waals surface area contributed by atoms with Crippen molar-refractivity contribution in [3.63, 3.8) is 0 Å². The zero-order valence-electron chi connectivity index (χ0n) is 10.5. The van der Waals surface area contributed by atoms with Crippen LogP contribution in [0.25, 0.3) is 0 Å². The molecule has 0 radical (unpaired) electrons. The first-order valence-electron chi connectivity index (χ1n) is 5.96. The van der Waals surface area contributed by atoms with E-state index in [2.05, 4.69) is 41.7 Å². The minimum atomic E-state index is 0.436. The summed E-state index contributed by atoms with van der Waals surface area (Å²) in [6.45, 7) is 8.11. The molecule has 0 aliphatic rings. The summed E-state index contributed by atoms with van der Waals surface area (Å²) >= 11 is 0. The summed E-state index contributed by atoms with van der Waals surface area (Å²) in [6, 6.07) is 2.50. The third-order valence-corrected chi connectivity index (χ3v) is 2.59. The van der Waals surface area contributed by atoms with E-state index in [9.17, 15) is 0 Å². The van der Waals surface area contributed by atoms with Crippen molar-refractivity contribution in [2.45, 2.75) is 39.7 Å². The molecular formula is C12H22N4. The fourth-order valence-corrected chi connectivity index (χ4v) is 1.64. The number of hydrogen-bond donors (Lipinski definition) is 1. The van der Waals surface area contributed by atoms with Gasteiger partial charge in [0, 0.05) is 24.3 Å². The molecule has 1 heterocycles. The molecule has 2 N–H and O–H groups in total. The molecule has 4 nitrogen and oxygen atoms in total. The molecule has 0 amide bonds. The highest BCUT2D eigenvalue weighted by Crippen LogP contribution is 2.14. The Labute approximate surface area is 97.9 Å². The van der Waals surface area contributed by atoms with E-state index >= 15 is 0 Å². The highest BCUT2D eigenvalue weighted by Gasteiger charge is 2.11. The van der Waals surface area contributed by atoms with Crippen LogP contribution in [0.1, 0.15) is 32.9 Å². The van der Waals surface area contributed by atoms with Gasteiger partial charge in [0.2, 0.25) is 0 Å². The van der Waals surface area contributed by atoms with Crippen LogP contribution in [0.15, 0.2) is 12.4 Å². The molecule has 0 fully saturated rings. The van der Waals surface area contributed by atoms with E-state index in [4.69, 9.17) is 5.73 Å². The molecule has 0 bridgehead atoms. The minimum Gasteiger partial charge on any atom is -0.354 e. The zero-order valence-corrected chi connectivity index (χ0v) is 10.5. The first kappa shape index (κ1) is 12.9. The van der Waals surface area contributed by atoms with E-state index in [-0.39, 0.29) is 0 Å². The van der Waals surface area contributed by atoms with Gasteiger partial charge in [-0.15, -0.1) is 0 Å². The number of hydrogen-bond acceptors (Lipinski definition) is 4. The lowest BCUT2D eigenvalue weighted by molar-refractivity contribution is 0.647. The Morgan fingerprint density at radius 3 is 2.69 bits per heavy atom. The van der Waals surface area contributed by atoms with Gasteiger partial charge in [-0.05, 0) is 33.2 Å². The molecule has 16 heavy (non-hydrogen) atoms. The van der Waals surface area contributed by atoms with Gasteiger partial charge in [0.25, 0.3) is 0 Å². The number of aromatic nitrogens is 2. The lowest BCUT2D eigenvalue weighted by Crippen LogP contribution is -2.33. The number of anilines is 1. The quantitative estimate of drug-likeness (QED) is 0.794. The number of nitrogens with zero attached hydrogens (tertiary/aromatic N) is 3. The van der Waals surface area contributed by atoms with Gasteiger partial charge in [-0.25, -0.2) is 9.97 Å². The standard InChI is InChI=1S/C12H22N4/c1-4-11-8-12(15-9-14-11)16(10(2)3)7-5-6-13/h8-10H,4-7,13H2,1-3H3. The lowest BCUT2D eigenvalue weighted by Gasteiger charge is -2.27. The van der Waals surface area contributed by atoms with Gasteiger partial charge in [-0.1, -0.05) is 6.92 Å². The summed E-state index contributed by atoms with van der Waals surface area (Å²) < 4.78 is 0. The van der Waals surface area contributed by atoms with E-state index < -0.39 is 0 Å². The second kappa shape index (κ2) is 6.43. The topological polar surface area (TPSA) is 55.0 Å². The van der Waals surface area contributed by atoms with Crippen LogP contribution in [0.3, 0.4) is 0 Å². The largest absolute Gasteiger partial charge is 0.354 e. The van der Waals surface area contributed by atoms with Crippen molar-refractivity contribution < 1.29 is 0 Å². The Kier molecular flexibility index (Phi) is 5.19. The van der Waals surface area contributed by atoms with Crippen LogP contribution in [0.5, 0.6) is 0 Å². The van der Waals surface area contributed by atoms with E-state index in [1.165, 1.54) is 0 Å².